The van der Waals surface area contributed by atoms with Crippen LogP contribution in [0, 0.1) is 6.92 Å². The first kappa shape index (κ1) is 16.4. The highest BCUT2D eigenvalue weighted by Crippen LogP contribution is 2.20. The standard InChI is InChI=1S/C15H24N2O3S/c1-11-4-5-15(9-13(11)10-18)21(19,20)16-14-6-7-17(3)12(2)8-14/h4-5,9,12,14,16,18H,6-8,10H2,1-3H3. The highest BCUT2D eigenvalue weighted by Gasteiger charge is 2.27. The molecule has 1 fully saturated rings. The predicted octanol–water partition coefficient (Wildman–Crippen LogP) is 1.25. The van der Waals surface area contributed by atoms with Crippen LogP contribution in [-0.2, 0) is 16.6 Å². The zero-order chi connectivity index (χ0) is 15.6. The first-order chi connectivity index (χ1) is 9.83. The lowest BCUT2D eigenvalue weighted by Crippen LogP contribution is -2.47. The summed E-state index contributed by atoms with van der Waals surface area (Å²) in [5, 5.41) is 9.27. The molecule has 5 nitrogen and oxygen atoms in total. The molecule has 21 heavy (non-hydrogen) atoms. The predicted molar refractivity (Wildman–Crippen MR) is 82.5 cm³/mol. The fraction of sp³-hybridized carbons (Fsp3) is 0.600. The van der Waals surface area contributed by atoms with Gasteiger partial charge in [-0.3, -0.25) is 0 Å². The molecule has 1 heterocycles. The number of sulfonamides is 1. The molecule has 2 rings (SSSR count). The molecule has 0 bridgehead atoms. The Labute approximate surface area is 127 Å². The van der Waals surface area contributed by atoms with Crippen LogP contribution in [0.5, 0.6) is 0 Å². The summed E-state index contributed by atoms with van der Waals surface area (Å²) in [6.45, 7) is 4.70. The Bertz CT molecular complexity index is 601. The molecular formula is C15H24N2O3S. The third kappa shape index (κ3) is 3.83. The van der Waals surface area contributed by atoms with Crippen LogP contribution in [0.2, 0.25) is 0 Å². The molecule has 1 saturated heterocycles. The van der Waals surface area contributed by atoms with Crippen molar-refractivity contribution in [3.63, 3.8) is 0 Å². The van der Waals surface area contributed by atoms with Crippen LogP contribution >= 0.6 is 0 Å². The SMILES string of the molecule is Cc1ccc(S(=O)(=O)NC2CCN(C)C(C)C2)cc1CO. The van der Waals surface area contributed by atoms with E-state index in [2.05, 4.69) is 23.6 Å². The smallest absolute Gasteiger partial charge is 0.240 e. The number of piperidine rings is 1. The number of hydrogen-bond acceptors (Lipinski definition) is 4. The van der Waals surface area contributed by atoms with Gasteiger partial charge in [0, 0.05) is 12.1 Å². The molecule has 2 atom stereocenters. The molecule has 0 aromatic heterocycles. The first-order valence-corrected chi connectivity index (χ1v) is 8.74. The Hall–Kier alpha value is -0.950. The van der Waals surface area contributed by atoms with E-state index in [0.29, 0.717) is 11.6 Å². The van der Waals surface area contributed by atoms with Crippen molar-refractivity contribution in [3.05, 3.63) is 29.3 Å². The lowest BCUT2D eigenvalue weighted by Gasteiger charge is -2.35. The van der Waals surface area contributed by atoms with Gasteiger partial charge in [0.25, 0.3) is 0 Å². The van der Waals surface area contributed by atoms with Crippen molar-refractivity contribution in [3.8, 4) is 0 Å². The Morgan fingerprint density at radius 1 is 1.43 bits per heavy atom. The minimum Gasteiger partial charge on any atom is -0.392 e. The summed E-state index contributed by atoms with van der Waals surface area (Å²) >= 11 is 0. The molecule has 2 unspecified atom stereocenters. The normalized spacial score (nSPS) is 24.2. The van der Waals surface area contributed by atoms with Crippen LogP contribution in [0.1, 0.15) is 30.9 Å². The van der Waals surface area contributed by atoms with E-state index in [-0.39, 0.29) is 17.5 Å². The maximum absolute atomic E-state index is 12.5. The number of aliphatic hydroxyl groups is 1. The number of nitrogens with one attached hydrogen (secondary N) is 1. The molecule has 1 aromatic rings. The molecule has 1 aliphatic heterocycles. The fourth-order valence-electron chi connectivity index (χ4n) is 2.67. The Morgan fingerprint density at radius 3 is 2.76 bits per heavy atom. The number of nitrogens with zero attached hydrogens (tertiary/aromatic N) is 1. The van der Waals surface area contributed by atoms with Gasteiger partial charge in [-0.25, -0.2) is 13.1 Å². The quantitative estimate of drug-likeness (QED) is 0.878. The number of rotatable bonds is 4. The van der Waals surface area contributed by atoms with E-state index in [0.717, 1.165) is 24.9 Å². The van der Waals surface area contributed by atoms with Crippen molar-refractivity contribution < 1.29 is 13.5 Å². The summed E-state index contributed by atoms with van der Waals surface area (Å²) < 4.78 is 27.7. The third-order valence-electron chi connectivity index (χ3n) is 4.33. The van der Waals surface area contributed by atoms with Crippen LogP contribution in [0.4, 0.5) is 0 Å². The minimum absolute atomic E-state index is 0.0277. The lowest BCUT2D eigenvalue weighted by atomic mass is 10.0. The van der Waals surface area contributed by atoms with Gasteiger partial charge in [-0.2, -0.15) is 0 Å². The van der Waals surface area contributed by atoms with Crippen molar-refractivity contribution in [1.82, 2.24) is 9.62 Å². The van der Waals surface area contributed by atoms with E-state index in [1.165, 1.54) is 0 Å². The largest absolute Gasteiger partial charge is 0.392 e. The third-order valence-corrected chi connectivity index (χ3v) is 5.85. The van der Waals surface area contributed by atoms with Gasteiger partial charge in [-0.15, -0.1) is 0 Å². The van der Waals surface area contributed by atoms with Crippen LogP contribution in [0.15, 0.2) is 23.1 Å². The second kappa shape index (κ2) is 6.44. The summed E-state index contributed by atoms with van der Waals surface area (Å²) in [4.78, 5) is 2.46. The minimum atomic E-state index is -3.53. The molecule has 1 aromatic carbocycles. The molecule has 0 radical (unpaired) electrons. The monoisotopic (exact) mass is 312 g/mol. The number of aliphatic hydroxyl groups excluding tert-OH is 1. The van der Waals surface area contributed by atoms with E-state index in [1.807, 2.05) is 6.92 Å². The average Bonchev–Trinajstić information content (AvgIpc) is 2.43. The lowest BCUT2D eigenvalue weighted by molar-refractivity contribution is 0.178. The Kier molecular flexibility index (Phi) is 5.03. The summed E-state index contributed by atoms with van der Waals surface area (Å²) in [6, 6.07) is 5.22. The molecule has 1 aliphatic rings. The van der Waals surface area contributed by atoms with Gasteiger partial charge in [0.2, 0.25) is 10.0 Å². The number of likely N-dealkylation sites (tertiary alicyclic amines) is 1. The zero-order valence-corrected chi connectivity index (χ0v) is 13.7. The summed E-state index contributed by atoms with van der Waals surface area (Å²) in [5.41, 5.74) is 1.54. The number of aryl methyl sites for hydroxylation is 1. The highest BCUT2D eigenvalue weighted by atomic mass is 32.2. The van der Waals surface area contributed by atoms with Gasteiger partial charge < -0.3 is 10.0 Å². The summed E-state index contributed by atoms with van der Waals surface area (Å²) in [5.74, 6) is 0. The van der Waals surface area contributed by atoms with E-state index < -0.39 is 10.0 Å². The van der Waals surface area contributed by atoms with Gasteiger partial charge in [0.1, 0.15) is 0 Å². The van der Waals surface area contributed by atoms with Gasteiger partial charge in [-0.1, -0.05) is 6.07 Å². The van der Waals surface area contributed by atoms with Crippen LogP contribution < -0.4 is 4.72 Å². The molecule has 6 heteroatoms. The molecule has 0 saturated carbocycles. The van der Waals surface area contributed by atoms with Crippen molar-refractivity contribution in [1.29, 1.82) is 0 Å². The highest BCUT2D eigenvalue weighted by molar-refractivity contribution is 7.89. The number of hydrogen-bond donors (Lipinski definition) is 2. The van der Waals surface area contributed by atoms with Crippen molar-refractivity contribution in [2.24, 2.45) is 0 Å². The van der Waals surface area contributed by atoms with E-state index in [4.69, 9.17) is 0 Å². The molecule has 118 valence electrons. The van der Waals surface area contributed by atoms with Crippen molar-refractivity contribution in [2.45, 2.75) is 50.3 Å². The second-order valence-electron chi connectivity index (χ2n) is 5.92. The van der Waals surface area contributed by atoms with E-state index in [9.17, 15) is 13.5 Å². The second-order valence-corrected chi connectivity index (χ2v) is 7.63. The molecular weight excluding hydrogens is 288 g/mol. The molecule has 0 spiro atoms. The molecule has 0 aliphatic carbocycles. The summed E-state index contributed by atoms with van der Waals surface area (Å²) in [7, 11) is -1.47. The van der Waals surface area contributed by atoms with Crippen molar-refractivity contribution in [2.75, 3.05) is 13.6 Å². The maximum atomic E-state index is 12.5. The maximum Gasteiger partial charge on any atom is 0.240 e. The summed E-state index contributed by atoms with van der Waals surface area (Å²) in [6.07, 6.45) is 1.63. The van der Waals surface area contributed by atoms with Gasteiger partial charge >= 0.3 is 0 Å². The zero-order valence-electron chi connectivity index (χ0n) is 12.8. The van der Waals surface area contributed by atoms with E-state index in [1.54, 1.807) is 18.2 Å². The van der Waals surface area contributed by atoms with Crippen LogP contribution in [0.25, 0.3) is 0 Å². The van der Waals surface area contributed by atoms with Gasteiger partial charge in [-0.05, 0) is 63.5 Å². The molecule has 0 amide bonds. The van der Waals surface area contributed by atoms with Crippen molar-refractivity contribution >= 4 is 10.0 Å². The molecule has 2 N–H and O–H groups in total. The first-order valence-electron chi connectivity index (χ1n) is 7.26. The topological polar surface area (TPSA) is 69.6 Å². The van der Waals surface area contributed by atoms with Crippen LogP contribution in [-0.4, -0.2) is 44.1 Å². The Morgan fingerprint density at radius 2 is 2.14 bits per heavy atom. The Balaban J connectivity index is 2.15. The van der Waals surface area contributed by atoms with Gasteiger partial charge in [0.05, 0.1) is 11.5 Å². The average molecular weight is 312 g/mol. The van der Waals surface area contributed by atoms with Crippen LogP contribution in [0.3, 0.4) is 0 Å². The fourth-order valence-corrected chi connectivity index (χ4v) is 4.00. The number of benzene rings is 1. The van der Waals surface area contributed by atoms with E-state index >= 15 is 0 Å². The van der Waals surface area contributed by atoms with Gasteiger partial charge in [0.15, 0.2) is 0 Å².